The molecule has 0 spiro atoms. The Morgan fingerprint density at radius 1 is 0.963 bits per heavy atom. The van der Waals surface area contributed by atoms with Crippen LogP contribution in [0.25, 0.3) is 23.0 Å². The van der Waals surface area contributed by atoms with Gasteiger partial charge in [0, 0.05) is 11.8 Å². The maximum absolute atomic E-state index is 13.0. The topological polar surface area (TPSA) is 80.9 Å². The smallest absolute Gasteiger partial charge is 0.260 e. The second kappa shape index (κ2) is 7.17. The Morgan fingerprint density at radius 3 is 2.52 bits per heavy atom. The van der Waals surface area contributed by atoms with E-state index in [1.54, 1.807) is 42.6 Å². The molecule has 0 aliphatic rings. The van der Waals surface area contributed by atoms with Crippen LogP contribution in [0.4, 0.5) is 10.1 Å². The van der Waals surface area contributed by atoms with Crippen molar-refractivity contribution < 1.29 is 13.7 Å². The van der Waals surface area contributed by atoms with Crippen molar-refractivity contribution >= 4 is 11.6 Å². The zero-order valence-electron chi connectivity index (χ0n) is 14.0. The molecule has 0 unspecified atom stereocenters. The molecule has 1 amide bonds. The number of aromatic nitrogens is 3. The number of carbonyl (C=O) groups is 1. The van der Waals surface area contributed by atoms with Crippen LogP contribution in [0.15, 0.2) is 77.4 Å². The summed E-state index contributed by atoms with van der Waals surface area (Å²) in [6.45, 7) is 0. The summed E-state index contributed by atoms with van der Waals surface area (Å²) in [4.78, 5) is 21.0. The summed E-state index contributed by atoms with van der Waals surface area (Å²) < 4.78 is 18.4. The molecule has 0 aliphatic heterocycles. The minimum absolute atomic E-state index is 0.255. The summed E-state index contributed by atoms with van der Waals surface area (Å²) in [5.41, 5.74) is 2.00. The van der Waals surface area contributed by atoms with Crippen molar-refractivity contribution in [3.8, 4) is 23.0 Å². The molecule has 0 atom stereocenters. The lowest BCUT2D eigenvalue weighted by Crippen LogP contribution is -2.12. The van der Waals surface area contributed by atoms with Gasteiger partial charge >= 0.3 is 0 Å². The van der Waals surface area contributed by atoms with Gasteiger partial charge in [-0.05, 0) is 48.5 Å². The number of carbonyl (C=O) groups excluding carboxylic acids is 1. The monoisotopic (exact) mass is 360 g/mol. The number of para-hydroxylation sites is 1. The van der Waals surface area contributed by atoms with Gasteiger partial charge in [0.1, 0.15) is 11.5 Å². The fourth-order valence-electron chi connectivity index (χ4n) is 2.51. The van der Waals surface area contributed by atoms with Crippen molar-refractivity contribution in [3.63, 3.8) is 0 Å². The van der Waals surface area contributed by atoms with E-state index in [2.05, 4.69) is 20.4 Å². The second-order valence-electron chi connectivity index (χ2n) is 5.64. The molecule has 2 heterocycles. The van der Waals surface area contributed by atoms with E-state index in [9.17, 15) is 9.18 Å². The predicted molar refractivity (Wildman–Crippen MR) is 97.3 cm³/mol. The highest BCUT2D eigenvalue weighted by Crippen LogP contribution is 2.28. The van der Waals surface area contributed by atoms with Crippen LogP contribution in [0.2, 0.25) is 0 Å². The first kappa shape index (κ1) is 16.6. The van der Waals surface area contributed by atoms with Gasteiger partial charge in [-0.25, -0.2) is 4.39 Å². The van der Waals surface area contributed by atoms with Crippen LogP contribution in [-0.4, -0.2) is 21.0 Å². The van der Waals surface area contributed by atoms with Crippen LogP contribution in [0.5, 0.6) is 0 Å². The van der Waals surface area contributed by atoms with Crippen molar-refractivity contribution in [2.45, 2.75) is 0 Å². The molecular formula is C20H13FN4O2. The van der Waals surface area contributed by atoms with E-state index in [0.29, 0.717) is 28.3 Å². The minimum atomic E-state index is -0.403. The summed E-state index contributed by atoms with van der Waals surface area (Å²) in [5.74, 6) is -0.164. The number of anilines is 1. The summed E-state index contributed by atoms with van der Waals surface area (Å²) in [6, 6.07) is 17.8. The Hall–Kier alpha value is -3.87. The molecule has 0 fully saturated rings. The summed E-state index contributed by atoms with van der Waals surface area (Å²) in [7, 11) is 0. The van der Waals surface area contributed by atoms with Gasteiger partial charge in [0.15, 0.2) is 0 Å². The van der Waals surface area contributed by atoms with E-state index in [1.807, 2.05) is 6.07 Å². The fraction of sp³-hybridized carbons (Fsp3) is 0. The normalized spacial score (nSPS) is 10.6. The third-order valence-electron chi connectivity index (χ3n) is 3.83. The van der Waals surface area contributed by atoms with Crippen LogP contribution >= 0.6 is 0 Å². The van der Waals surface area contributed by atoms with Crippen molar-refractivity contribution in [2.24, 2.45) is 0 Å². The van der Waals surface area contributed by atoms with Crippen molar-refractivity contribution in [3.05, 3.63) is 84.3 Å². The number of amides is 1. The van der Waals surface area contributed by atoms with Gasteiger partial charge in [-0.1, -0.05) is 23.4 Å². The highest BCUT2D eigenvalue weighted by atomic mass is 19.1. The van der Waals surface area contributed by atoms with Crippen molar-refractivity contribution in [1.29, 1.82) is 0 Å². The van der Waals surface area contributed by atoms with Gasteiger partial charge in [0.05, 0.1) is 11.3 Å². The first-order chi connectivity index (χ1) is 13.2. The van der Waals surface area contributed by atoms with E-state index in [0.717, 1.165) is 0 Å². The van der Waals surface area contributed by atoms with Gasteiger partial charge in [0.25, 0.3) is 11.8 Å². The van der Waals surface area contributed by atoms with E-state index in [4.69, 9.17) is 4.52 Å². The van der Waals surface area contributed by atoms with Crippen LogP contribution in [0.1, 0.15) is 10.4 Å². The van der Waals surface area contributed by atoms with E-state index < -0.39 is 5.82 Å². The van der Waals surface area contributed by atoms with Gasteiger partial charge in [-0.2, -0.15) is 4.98 Å². The number of nitrogens with one attached hydrogen (secondary N) is 1. The average Bonchev–Trinajstić information content (AvgIpc) is 3.19. The molecule has 0 bridgehead atoms. The molecule has 27 heavy (non-hydrogen) atoms. The first-order valence-corrected chi connectivity index (χ1v) is 8.12. The summed E-state index contributed by atoms with van der Waals surface area (Å²) in [6.07, 6.45) is 1.64. The summed E-state index contributed by atoms with van der Waals surface area (Å²) >= 11 is 0. The second-order valence-corrected chi connectivity index (χ2v) is 5.64. The van der Waals surface area contributed by atoms with Gasteiger partial charge in [0.2, 0.25) is 5.82 Å². The maximum Gasteiger partial charge on any atom is 0.260 e. The van der Waals surface area contributed by atoms with Crippen LogP contribution < -0.4 is 5.32 Å². The Balaban J connectivity index is 1.63. The molecule has 2 aromatic carbocycles. The Labute approximate surface area is 153 Å². The Bertz CT molecular complexity index is 1080. The van der Waals surface area contributed by atoms with Crippen molar-refractivity contribution in [1.82, 2.24) is 15.1 Å². The van der Waals surface area contributed by atoms with Crippen LogP contribution in [0, 0.1) is 5.82 Å². The number of rotatable bonds is 4. The van der Waals surface area contributed by atoms with Crippen molar-refractivity contribution in [2.75, 3.05) is 5.32 Å². The van der Waals surface area contributed by atoms with Gasteiger partial charge < -0.3 is 9.84 Å². The molecule has 0 aliphatic carbocycles. The lowest BCUT2D eigenvalue weighted by Gasteiger charge is -2.08. The number of pyridine rings is 1. The van der Waals surface area contributed by atoms with Crippen LogP contribution in [0.3, 0.4) is 0 Å². The average molecular weight is 360 g/mol. The molecule has 4 aromatic rings. The number of hydrogen-bond acceptors (Lipinski definition) is 5. The van der Waals surface area contributed by atoms with E-state index in [1.165, 1.54) is 24.3 Å². The molecule has 4 rings (SSSR count). The van der Waals surface area contributed by atoms with Gasteiger partial charge in [-0.3, -0.25) is 9.78 Å². The van der Waals surface area contributed by atoms with Gasteiger partial charge in [-0.15, -0.1) is 0 Å². The molecule has 2 aromatic heterocycles. The quantitative estimate of drug-likeness (QED) is 0.590. The number of benzene rings is 2. The van der Waals surface area contributed by atoms with E-state index in [-0.39, 0.29) is 11.8 Å². The zero-order valence-corrected chi connectivity index (χ0v) is 14.0. The fourth-order valence-corrected chi connectivity index (χ4v) is 2.51. The highest BCUT2D eigenvalue weighted by Gasteiger charge is 2.16. The number of halogens is 1. The van der Waals surface area contributed by atoms with E-state index >= 15 is 0 Å². The Morgan fingerprint density at radius 2 is 1.74 bits per heavy atom. The third-order valence-corrected chi connectivity index (χ3v) is 3.83. The molecule has 0 saturated heterocycles. The molecule has 132 valence electrons. The first-order valence-electron chi connectivity index (χ1n) is 8.12. The standard InChI is InChI=1S/C20H13FN4O2/c21-14-10-8-13(9-11-14)19(26)23-16-6-2-1-5-15(16)20-24-18(25-27-20)17-7-3-4-12-22-17/h1-12H,(H,23,26). The zero-order chi connectivity index (χ0) is 18.6. The molecule has 1 N–H and O–H groups in total. The maximum atomic E-state index is 13.0. The third kappa shape index (κ3) is 3.57. The summed E-state index contributed by atoms with van der Waals surface area (Å²) in [5, 5.41) is 6.74. The molecule has 7 heteroatoms. The van der Waals surface area contributed by atoms with Crippen LogP contribution in [-0.2, 0) is 0 Å². The lowest BCUT2D eigenvalue weighted by molar-refractivity contribution is 0.102. The highest BCUT2D eigenvalue weighted by molar-refractivity contribution is 6.05. The SMILES string of the molecule is O=C(Nc1ccccc1-c1nc(-c2ccccn2)no1)c1ccc(F)cc1. The largest absolute Gasteiger partial charge is 0.333 e. The minimum Gasteiger partial charge on any atom is -0.333 e. The molecule has 6 nitrogen and oxygen atoms in total. The predicted octanol–water partition coefficient (Wildman–Crippen LogP) is 4.19. The Kier molecular flexibility index (Phi) is 4.40. The molecule has 0 radical (unpaired) electrons. The number of hydrogen-bond donors (Lipinski definition) is 1. The molecular weight excluding hydrogens is 347 g/mol. The number of nitrogens with zero attached hydrogens (tertiary/aromatic N) is 3. The molecule has 0 saturated carbocycles. The lowest BCUT2D eigenvalue weighted by atomic mass is 10.1.